The Hall–Kier alpha value is -5.22. The molecule has 3 heterocycles. The summed E-state index contributed by atoms with van der Waals surface area (Å²) in [4.78, 5) is 149. The number of carbonyl (C=O) groups is 10. The van der Waals surface area contributed by atoms with Gasteiger partial charge in [0.05, 0.1) is 30.6 Å². The molecule has 7 amide bonds. The van der Waals surface area contributed by atoms with Gasteiger partial charge in [0, 0.05) is 34.3 Å². The monoisotopic (exact) mass is 1120 g/mol. The summed E-state index contributed by atoms with van der Waals surface area (Å²) in [5.41, 5.74) is 0. The molecule has 0 unspecified atom stereocenters. The quantitative estimate of drug-likeness (QED) is 0.116. The number of esters is 2. The molecule has 13 atom stereocenters. The normalized spacial score (nSPS) is 30.8. The van der Waals surface area contributed by atoms with E-state index >= 15 is 9.59 Å². The van der Waals surface area contributed by atoms with Crippen molar-refractivity contribution >= 4 is 59.1 Å². The number of nitrogens with zero attached hydrogens (tertiary/aromatic N) is 4. The van der Waals surface area contributed by atoms with Crippen molar-refractivity contribution in [3.05, 3.63) is 0 Å². The second-order valence-electron chi connectivity index (χ2n) is 24.0. The van der Waals surface area contributed by atoms with Crippen LogP contribution in [0.2, 0.25) is 0 Å². The number of nitrogens with one attached hydrogen (secondary N) is 3. The number of hydrogen-bond acceptors (Lipinski definition) is 15. The zero-order valence-electron chi connectivity index (χ0n) is 49.5. The molecule has 4 aliphatic rings. The van der Waals surface area contributed by atoms with Crippen molar-refractivity contribution in [3.8, 4) is 0 Å². The summed E-state index contributed by atoms with van der Waals surface area (Å²) in [6.45, 7) is 18.6. The third-order valence-electron chi connectivity index (χ3n) is 16.6. The first-order chi connectivity index (χ1) is 37.0. The number of fused-ring (bicyclic) bond motifs is 1. The van der Waals surface area contributed by atoms with Crippen molar-refractivity contribution in [2.45, 2.75) is 232 Å². The van der Waals surface area contributed by atoms with Gasteiger partial charge in [-0.25, -0.2) is 4.79 Å². The van der Waals surface area contributed by atoms with E-state index in [9.17, 15) is 48.6 Å². The molecule has 22 nitrogen and oxygen atoms in total. The number of ketones is 1. The summed E-state index contributed by atoms with van der Waals surface area (Å²) in [6.07, 6.45) is -1.75. The van der Waals surface area contributed by atoms with Gasteiger partial charge in [-0.2, -0.15) is 0 Å². The van der Waals surface area contributed by atoms with Crippen LogP contribution in [0.3, 0.4) is 0 Å². The van der Waals surface area contributed by atoms with E-state index in [1.54, 1.807) is 34.8 Å². The van der Waals surface area contributed by atoms with E-state index < -0.39 is 150 Å². The van der Waals surface area contributed by atoms with Gasteiger partial charge in [0.25, 0.3) is 5.91 Å². The van der Waals surface area contributed by atoms with Crippen LogP contribution in [0, 0.1) is 35.5 Å². The number of rotatable bonds is 15. The number of amides is 7. The fourth-order valence-electron chi connectivity index (χ4n) is 11.5. The molecule has 0 aromatic rings. The molecule has 0 spiro atoms. The molecule has 4 rings (SSSR count). The lowest BCUT2D eigenvalue weighted by Gasteiger charge is -2.37. The number of carbonyl (C=O) groups excluding carboxylic acids is 10. The van der Waals surface area contributed by atoms with E-state index in [-0.39, 0.29) is 69.1 Å². The lowest BCUT2D eigenvalue weighted by molar-refractivity contribution is -0.163. The van der Waals surface area contributed by atoms with Gasteiger partial charge in [-0.05, 0) is 121 Å². The van der Waals surface area contributed by atoms with Crippen molar-refractivity contribution in [1.29, 1.82) is 0 Å². The Bertz CT molecular complexity index is 2150. The minimum atomic E-state index is -1.73. The van der Waals surface area contributed by atoms with Crippen LogP contribution in [0.5, 0.6) is 0 Å². The Morgan fingerprint density at radius 3 is 2.04 bits per heavy atom. The molecule has 0 bridgehead atoms. The number of likely N-dealkylation sites (N-methyl/N-ethyl adjacent to an activating group) is 2. The van der Waals surface area contributed by atoms with E-state index in [2.05, 4.69) is 16.0 Å². The molecule has 3 aliphatic heterocycles. The maximum Gasteiger partial charge on any atom is 0.329 e. The fraction of sp³-hybridized carbons (Fsp3) is 0.825. The average Bonchev–Trinajstić information content (AvgIpc) is 4.13. The van der Waals surface area contributed by atoms with Gasteiger partial charge in [0.15, 0.2) is 11.9 Å². The summed E-state index contributed by atoms with van der Waals surface area (Å²) >= 11 is 0. The number of aliphatic hydroxyl groups is 2. The second kappa shape index (κ2) is 30.0. The first kappa shape index (κ1) is 66.3. The van der Waals surface area contributed by atoms with Crippen molar-refractivity contribution < 1.29 is 72.4 Å². The van der Waals surface area contributed by atoms with E-state index in [1.165, 1.54) is 54.5 Å². The number of Topliss-reactive ketones (excluding diaryl/α,β-unsaturated/α-hetero) is 1. The lowest BCUT2D eigenvalue weighted by Crippen LogP contribution is -2.62. The van der Waals surface area contributed by atoms with Crippen molar-refractivity contribution in [3.63, 3.8) is 0 Å². The molecular formula is C57H95N7O15. The fourth-order valence-corrected chi connectivity index (χ4v) is 11.5. The predicted octanol–water partition coefficient (Wildman–Crippen LogP) is 2.66. The Labute approximate surface area is 467 Å². The molecule has 3 saturated heterocycles. The Kier molecular flexibility index (Phi) is 25.2. The lowest BCUT2D eigenvalue weighted by atomic mass is 9.83. The van der Waals surface area contributed by atoms with Crippen LogP contribution in [-0.2, 0) is 62.2 Å². The van der Waals surface area contributed by atoms with Gasteiger partial charge in [0.2, 0.25) is 35.4 Å². The number of aliphatic hydroxyl groups excluding tert-OH is 2. The maximum atomic E-state index is 15.0. The molecule has 448 valence electrons. The highest BCUT2D eigenvalue weighted by Crippen LogP contribution is 2.32. The van der Waals surface area contributed by atoms with Crippen molar-refractivity contribution in [2.24, 2.45) is 35.5 Å². The highest BCUT2D eigenvalue weighted by atomic mass is 16.6. The average molecular weight is 1120 g/mol. The number of cyclic esters (lactones) is 2. The molecule has 0 aromatic carbocycles. The molecule has 0 aromatic heterocycles. The second-order valence-corrected chi connectivity index (χ2v) is 24.0. The van der Waals surface area contributed by atoms with Gasteiger partial charge in [-0.3, -0.25) is 43.2 Å². The highest BCUT2D eigenvalue weighted by Gasteiger charge is 2.46. The smallest absolute Gasteiger partial charge is 0.329 e. The summed E-state index contributed by atoms with van der Waals surface area (Å²) in [7, 11) is 4.52. The SMILES string of the molecule is CC[C@H](C)[C@@H]1NC(=O)[C@@H](NC(=O)[C@@H](CC(C)C)N(C)C(=O)[C@@H]2CCCN2C(=O)[C@H](C)O)[C@H](C)OC(=O)[C@H](CC2CCC(OC)CC2)N(C)C(=O)[C@@H]2CCCN2C(=O)[C@@H](CC(C)C)NC(=O)[C@@H](C)C(=O)[C@@H](C(C)C)OC(=O)C[C@H]1O. The zero-order chi connectivity index (χ0) is 59.3. The number of ether oxygens (including phenoxy) is 3. The van der Waals surface area contributed by atoms with Crippen LogP contribution in [-0.4, -0.2) is 196 Å². The van der Waals surface area contributed by atoms with Gasteiger partial charge in [0.1, 0.15) is 48.5 Å². The molecule has 1 aliphatic carbocycles. The summed E-state index contributed by atoms with van der Waals surface area (Å²) in [6, 6.07) is -8.60. The van der Waals surface area contributed by atoms with Crippen LogP contribution < -0.4 is 16.0 Å². The van der Waals surface area contributed by atoms with Crippen LogP contribution >= 0.6 is 0 Å². The topological polar surface area (TPSA) is 288 Å². The van der Waals surface area contributed by atoms with E-state index in [0.29, 0.717) is 44.9 Å². The number of likely N-dealkylation sites (tertiary alicyclic amines) is 1. The minimum absolute atomic E-state index is 0.0125. The third kappa shape index (κ3) is 17.4. The van der Waals surface area contributed by atoms with E-state index in [4.69, 9.17) is 14.2 Å². The highest BCUT2D eigenvalue weighted by molar-refractivity contribution is 6.05. The predicted molar refractivity (Wildman–Crippen MR) is 291 cm³/mol. The molecule has 1 saturated carbocycles. The van der Waals surface area contributed by atoms with Crippen LogP contribution in [0.4, 0.5) is 0 Å². The van der Waals surface area contributed by atoms with Crippen LogP contribution in [0.25, 0.3) is 0 Å². The van der Waals surface area contributed by atoms with Gasteiger partial charge in [-0.15, -0.1) is 0 Å². The number of methoxy groups -OCH3 is 1. The largest absolute Gasteiger partial charge is 0.458 e. The number of hydrogen-bond donors (Lipinski definition) is 5. The summed E-state index contributed by atoms with van der Waals surface area (Å²) in [5.74, 6) is -10.5. The maximum absolute atomic E-state index is 15.0. The van der Waals surface area contributed by atoms with E-state index in [1.807, 2.05) is 27.7 Å². The molecule has 0 radical (unpaired) electrons. The minimum Gasteiger partial charge on any atom is -0.458 e. The Morgan fingerprint density at radius 2 is 1.47 bits per heavy atom. The first-order valence-corrected chi connectivity index (χ1v) is 28.9. The Balaban J connectivity index is 1.87. The Morgan fingerprint density at radius 1 is 0.835 bits per heavy atom. The van der Waals surface area contributed by atoms with Crippen molar-refractivity contribution in [2.75, 3.05) is 34.3 Å². The molecular weight excluding hydrogens is 1020 g/mol. The van der Waals surface area contributed by atoms with Crippen LogP contribution in [0.15, 0.2) is 0 Å². The van der Waals surface area contributed by atoms with E-state index in [0.717, 1.165) is 0 Å². The standard InChI is InChI=1S/C57H95N7O15/c1-15-33(8)46-44(66)29-45(67)79-49(32(6)7)48(68)34(9)50(69)58-39(26-30(2)3)54(73)64-25-17-19-41(64)56(75)62(13)43(28-37-20-22-38(77-14)23-21-37)57(76)78-36(11)47(52(71)59-46)60-51(70)42(27-31(4)5)61(12)55(74)40-18-16-24-63(40)53(72)35(10)65/h30-44,46-47,49,65-66H,15-29H2,1-14H3,(H,58,69)(H,59,71)(H,60,70)/t33-,34-,35-,36-,37?,38?,39+,40-,41-,42+,43-,44+,46-,47-,49+/m0/s1. The van der Waals surface area contributed by atoms with Crippen LogP contribution in [0.1, 0.15) is 160 Å². The third-order valence-corrected chi connectivity index (χ3v) is 16.6. The molecule has 22 heteroatoms. The van der Waals surface area contributed by atoms with Gasteiger partial charge in [-0.1, -0.05) is 61.8 Å². The summed E-state index contributed by atoms with van der Waals surface area (Å²) < 4.78 is 17.6. The van der Waals surface area contributed by atoms with Gasteiger partial charge >= 0.3 is 11.9 Å². The first-order valence-electron chi connectivity index (χ1n) is 28.9. The zero-order valence-corrected chi connectivity index (χ0v) is 49.5. The molecule has 4 fully saturated rings. The molecule has 5 N–H and O–H groups in total. The summed E-state index contributed by atoms with van der Waals surface area (Å²) in [5, 5.41) is 30.3. The van der Waals surface area contributed by atoms with Gasteiger partial charge < -0.3 is 60.0 Å². The molecule has 79 heavy (non-hydrogen) atoms. The van der Waals surface area contributed by atoms with Crippen molar-refractivity contribution in [1.82, 2.24) is 35.6 Å².